The van der Waals surface area contributed by atoms with E-state index in [0.29, 0.717) is 19.6 Å². The van der Waals surface area contributed by atoms with Crippen LogP contribution in [0.4, 0.5) is 0 Å². The van der Waals surface area contributed by atoms with Crippen molar-refractivity contribution in [3.8, 4) is 11.5 Å². The van der Waals surface area contributed by atoms with E-state index in [-0.39, 0.29) is 5.91 Å². The first-order chi connectivity index (χ1) is 11.7. The Balaban J connectivity index is 1.54. The van der Waals surface area contributed by atoms with E-state index in [2.05, 4.69) is 10.2 Å². The monoisotopic (exact) mass is 335 g/mol. The van der Waals surface area contributed by atoms with Gasteiger partial charge < -0.3 is 19.7 Å². The number of methoxy groups -OCH3 is 1. The van der Waals surface area contributed by atoms with E-state index in [4.69, 9.17) is 9.47 Å². The van der Waals surface area contributed by atoms with E-state index < -0.39 is 0 Å². The van der Waals surface area contributed by atoms with E-state index >= 15 is 0 Å². The molecule has 1 aliphatic rings. The van der Waals surface area contributed by atoms with Gasteiger partial charge in [-0.25, -0.2) is 0 Å². The quantitative estimate of drug-likeness (QED) is 0.521. The molecule has 0 unspecified atom stereocenters. The fourth-order valence-electron chi connectivity index (χ4n) is 2.47. The molecule has 1 aliphatic heterocycles. The number of hydrogen-bond acceptors (Lipinski definition) is 5. The summed E-state index contributed by atoms with van der Waals surface area (Å²) >= 11 is 0. The van der Waals surface area contributed by atoms with Crippen LogP contribution in [-0.4, -0.2) is 75.1 Å². The normalized spacial score (nSPS) is 15.0. The van der Waals surface area contributed by atoms with E-state index in [1.54, 1.807) is 12.0 Å². The summed E-state index contributed by atoms with van der Waals surface area (Å²) in [5.41, 5.74) is 0. The third-order valence-electron chi connectivity index (χ3n) is 3.96. The molecule has 0 aliphatic carbocycles. The van der Waals surface area contributed by atoms with Crippen LogP contribution >= 0.6 is 0 Å². The number of benzene rings is 1. The van der Waals surface area contributed by atoms with E-state index in [1.807, 2.05) is 24.3 Å². The number of nitrogens with zero attached hydrogens (tertiary/aromatic N) is 2. The summed E-state index contributed by atoms with van der Waals surface area (Å²) in [4.78, 5) is 26.4. The van der Waals surface area contributed by atoms with Crippen molar-refractivity contribution in [3.05, 3.63) is 24.3 Å². The minimum atomic E-state index is 0.0196. The zero-order valence-corrected chi connectivity index (χ0v) is 14.1. The number of carbonyl (C=O) groups is 2. The van der Waals surface area contributed by atoms with Crippen LogP contribution in [0, 0.1) is 0 Å². The molecular formula is C17H25N3O4. The predicted molar refractivity (Wildman–Crippen MR) is 90.2 cm³/mol. The number of piperazine rings is 1. The highest BCUT2D eigenvalue weighted by molar-refractivity contribution is 5.76. The molecular weight excluding hydrogens is 310 g/mol. The maximum absolute atomic E-state index is 11.8. The van der Waals surface area contributed by atoms with Gasteiger partial charge in [-0.1, -0.05) is 0 Å². The lowest BCUT2D eigenvalue weighted by Crippen LogP contribution is -2.46. The highest BCUT2D eigenvalue weighted by Crippen LogP contribution is 2.16. The summed E-state index contributed by atoms with van der Waals surface area (Å²) in [7, 11) is 1.62. The molecule has 0 atom stereocenters. The SMILES string of the molecule is COc1ccc(OCCNC(=O)CCN2CCN(C=O)CC2)cc1. The molecule has 1 aromatic rings. The molecule has 0 spiro atoms. The Labute approximate surface area is 142 Å². The molecule has 7 nitrogen and oxygen atoms in total. The summed E-state index contributed by atoms with van der Waals surface area (Å²) in [5.74, 6) is 1.55. The zero-order valence-electron chi connectivity index (χ0n) is 14.1. The predicted octanol–water partition coefficient (Wildman–Crippen LogP) is 0.354. The Hall–Kier alpha value is -2.28. The second kappa shape index (κ2) is 9.77. The Morgan fingerprint density at radius 3 is 2.46 bits per heavy atom. The molecule has 2 amide bonds. The van der Waals surface area contributed by atoms with Gasteiger partial charge in [0, 0.05) is 39.1 Å². The molecule has 7 heteroatoms. The minimum Gasteiger partial charge on any atom is -0.497 e. The van der Waals surface area contributed by atoms with Crippen molar-refractivity contribution in [2.24, 2.45) is 0 Å². The van der Waals surface area contributed by atoms with Crippen molar-refractivity contribution in [2.45, 2.75) is 6.42 Å². The maximum atomic E-state index is 11.8. The molecule has 1 aromatic carbocycles. The first-order valence-corrected chi connectivity index (χ1v) is 8.16. The van der Waals surface area contributed by atoms with Gasteiger partial charge in [0.05, 0.1) is 13.7 Å². The smallest absolute Gasteiger partial charge is 0.221 e. The van der Waals surface area contributed by atoms with Crippen molar-refractivity contribution in [2.75, 3.05) is 53.0 Å². The molecule has 1 fully saturated rings. The number of hydrogen-bond donors (Lipinski definition) is 1. The third kappa shape index (κ3) is 6.08. The fraction of sp³-hybridized carbons (Fsp3) is 0.529. The van der Waals surface area contributed by atoms with Crippen LogP contribution < -0.4 is 14.8 Å². The largest absolute Gasteiger partial charge is 0.497 e. The van der Waals surface area contributed by atoms with Crippen LogP contribution in [-0.2, 0) is 9.59 Å². The van der Waals surface area contributed by atoms with Crippen molar-refractivity contribution in [1.29, 1.82) is 0 Å². The Bertz CT molecular complexity index is 513. The van der Waals surface area contributed by atoms with Gasteiger partial charge >= 0.3 is 0 Å². The Morgan fingerprint density at radius 1 is 1.17 bits per heavy atom. The van der Waals surface area contributed by atoms with E-state index in [1.165, 1.54) is 0 Å². The molecule has 0 saturated carbocycles. The number of ether oxygens (including phenoxy) is 2. The number of carbonyl (C=O) groups excluding carboxylic acids is 2. The van der Waals surface area contributed by atoms with Gasteiger partial charge in [-0.15, -0.1) is 0 Å². The van der Waals surface area contributed by atoms with Crippen molar-refractivity contribution < 1.29 is 19.1 Å². The van der Waals surface area contributed by atoms with Crippen LogP contribution in [0.5, 0.6) is 11.5 Å². The van der Waals surface area contributed by atoms with Crippen molar-refractivity contribution >= 4 is 12.3 Å². The second-order valence-corrected chi connectivity index (χ2v) is 5.61. The lowest BCUT2D eigenvalue weighted by atomic mass is 10.3. The summed E-state index contributed by atoms with van der Waals surface area (Å²) in [5, 5.41) is 2.85. The minimum absolute atomic E-state index is 0.0196. The van der Waals surface area contributed by atoms with Gasteiger partial charge in [-0.2, -0.15) is 0 Å². The van der Waals surface area contributed by atoms with Gasteiger partial charge in [-0.3, -0.25) is 14.5 Å². The first kappa shape index (κ1) is 18.1. The molecule has 0 bridgehead atoms. The van der Waals surface area contributed by atoms with Gasteiger partial charge in [-0.05, 0) is 24.3 Å². The standard InChI is InChI=1S/C17H25N3O4/c1-23-15-2-4-16(5-3-15)24-13-7-18-17(22)6-8-19-9-11-20(14-21)12-10-19/h2-5,14H,6-13H2,1H3,(H,18,22). The number of amides is 2. The second-order valence-electron chi connectivity index (χ2n) is 5.61. The average Bonchev–Trinajstić information content (AvgIpc) is 2.64. The summed E-state index contributed by atoms with van der Waals surface area (Å²) in [6.07, 6.45) is 1.34. The lowest BCUT2D eigenvalue weighted by Gasteiger charge is -2.32. The van der Waals surface area contributed by atoms with Crippen molar-refractivity contribution in [3.63, 3.8) is 0 Å². The van der Waals surface area contributed by atoms with Crippen molar-refractivity contribution in [1.82, 2.24) is 15.1 Å². The average molecular weight is 335 g/mol. The zero-order chi connectivity index (χ0) is 17.2. The van der Waals surface area contributed by atoms with Gasteiger partial charge in [0.2, 0.25) is 12.3 Å². The van der Waals surface area contributed by atoms with E-state index in [9.17, 15) is 9.59 Å². The molecule has 1 heterocycles. The Morgan fingerprint density at radius 2 is 1.83 bits per heavy atom. The lowest BCUT2D eigenvalue weighted by molar-refractivity contribution is -0.123. The number of nitrogens with one attached hydrogen (secondary N) is 1. The van der Waals surface area contributed by atoms with Crippen LogP contribution in [0.3, 0.4) is 0 Å². The third-order valence-corrected chi connectivity index (χ3v) is 3.96. The van der Waals surface area contributed by atoms with Crippen LogP contribution in [0.2, 0.25) is 0 Å². The summed E-state index contributed by atoms with van der Waals surface area (Å²) in [6, 6.07) is 7.33. The molecule has 0 radical (unpaired) electrons. The molecule has 1 N–H and O–H groups in total. The van der Waals surface area contributed by atoms with Crippen LogP contribution in [0.15, 0.2) is 24.3 Å². The molecule has 2 rings (SSSR count). The highest BCUT2D eigenvalue weighted by atomic mass is 16.5. The van der Waals surface area contributed by atoms with Gasteiger partial charge in [0.25, 0.3) is 0 Å². The van der Waals surface area contributed by atoms with Gasteiger partial charge in [0.1, 0.15) is 18.1 Å². The van der Waals surface area contributed by atoms with Crippen LogP contribution in [0.1, 0.15) is 6.42 Å². The highest BCUT2D eigenvalue weighted by Gasteiger charge is 2.15. The summed E-state index contributed by atoms with van der Waals surface area (Å²) in [6.45, 7) is 4.75. The van der Waals surface area contributed by atoms with Gasteiger partial charge in [0.15, 0.2) is 0 Å². The van der Waals surface area contributed by atoms with E-state index in [0.717, 1.165) is 50.6 Å². The first-order valence-electron chi connectivity index (χ1n) is 8.16. The molecule has 1 saturated heterocycles. The molecule has 24 heavy (non-hydrogen) atoms. The maximum Gasteiger partial charge on any atom is 0.221 e. The summed E-state index contributed by atoms with van der Waals surface area (Å²) < 4.78 is 10.6. The Kier molecular flexibility index (Phi) is 7.35. The number of rotatable bonds is 9. The van der Waals surface area contributed by atoms with Crippen LogP contribution in [0.25, 0.3) is 0 Å². The molecule has 0 aromatic heterocycles. The fourth-order valence-corrected chi connectivity index (χ4v) is 2.47. The topological polar surface area (TPSA) is 71.1 Å². The molecule has 132 valence electrons.